The standard InChI is InChI=1S/C24H21FN3O4S/c1-14-21(20(25)22(33-14)28-13-12-19(26-15(2)29)27-24(28)31)32-23(30)18-10-8-17(9-11-18)16-6-4-3-5-7-16/h3-14,20-22H,1H2,2H3,(H,26,27,29,31)/t14-,20+,21-,22-/m1/s1. The third-order valence-corrected chi connectivity index (χ3v) is 6.53. The van der Waals surface area contributed by atoms with E-state index in [-0.39, 0.29) is 11.7 Å². The number of aromatic nitrogens is 2. The second-order valence-electron chi connectivity index (χ2n) is 7.51. The maximum absolute atomic E-state index is 15.2. The predicted molar refractivity (Wildman–Crippen MR) is 125 cm³/mol. The molecule has 1 fully saturated rings. The van der Waals surface area contributed by atoms with Crippen molar-refractivity contribution in [2.24, 2.45) is 0 Å². The van der Waals surface area contributed by atoms with Gasteiger partial charge in [0.25, 0.3) is 0 Å². The lowest BCUT2D eigenvalue weighted by atomic mass is 10.0. The van der Waals surface area contributed by atoms with Crippen LogP contribution in [0.1, 0.15) is 22.7 Å². The number of carbonyl (C=O) groups is 2. The van der Waals surface area contributed by atoms with Crippen LogP contribution >= 0.6 is 11.8 Å². The van der Waals surface area contributed by atoms with Crippen molar-refractivity contribution in [2.45, 2.75) is 29.8 Å². The summed E-state index contributed by atoms with van der Waals surface area (Å²) in [4.78, 5) is 39.9. The highest BCUT2D eigenvalue weighted by Gasteiger charge is 2.46. The molecule has 1 aliphatic heterocycles. The van der Waals surface area contributed by atoms with Crippen molar-refractivity contribution in [3.8, 4) is 11.1 Å². The van der Waals surface area contributed by atoms with Gasteiger partial charge in [-0.05, 0) is 36.2 Å². The van der Waals surface area contributed by atoms with Gasteiger partial charge in [-0.15, -0.1) is 11.8 Å². The number of ether oxygens (including phenoxy) is 1. The molecule has 1 aromatic heterocycles. The number of anilines is 1. The van der Waals surface area contributed by atoms with Gasteiger partial charge in [-0.1, -0.05) is 42.5 Å². The van der Waals surface area contributed by atoms with Crippen LogP contribution < -0.4 is 11.0 Å². The molecule has 1 radical (unpaired) electrons. The first kappa shape index (κ1) is 22.7. The Labute approximate surface area is 194 Å². The van der Waals surface area contributed by atoms with Crippen molar-refractivity contribution in [3.05, 3.63) is 89.8 Å². The first-order valence-corrected chi connectivity index (χ1v) is 11.1. The summed E-state index contributed by atoms with van der Waals surface area (Å²) in [5, 5.41) is 0.819. The molecule has 1 N–H and O–H groups in total. The highest BCUT2D eigenvalue weighted by molar-refractivity contribution is 8.00. The number of benzene rings is 2. The van der Waals surface area contributed by atoms with Gasteiger partial charge in [-0.2, -0.15) is 4.98 Å². The minimum atomic E-state index is -1.67. The maximum Gasteiger partial charge on any atom is 0.350 e. The number of thioether (sulfide) groups is 1. The number of esters is 1. The average Bonchev–Trinajstić information content (AvgIpc) is 3.07. The molecule has 0 spiro atoms. The van der Waals surface area contributed by atoms with Crippen LogP contribution in [-0.4, -0.2) is 39.0 Å². The van der Waals surface area contributed by atoms with E-state index in [1.807, 2.05) is 30.3 Å². The van der Waals surface area contributed by atoms with E-state index in [1.165, 1.54) is 19.2 Å². The minimum Gasteiger partial charge on any atom is -0.454 e. The SMILES string of the molecule is [CH2][C@H]1S[C@@H](n2ccc(NC(C)=O)nc2=O)[C@@H](F)[C@@H]1OC(=O)c1ccc(-c2ccccc2)cc1. The average molecular weight is 467 g/mol. The Bertz CT molecular complexity index is 1220. The number of rotatable bonds is 5. The first-order valence-electron chi connectivity index (χ1n) is 10.2. The van der Waals surface area contributed by atoms with Gasteiger partial charge in [0.05, 0.1) is 5.56 Å². The van der Waals surface area contributed by atoms with E-state index >= 15 is 4.39 Å². The van der Waals surface area contributed by atoms with Gasteiger partial charge in [-0.3, -0.25) is 9.36 Å². The van der Waals surface area contributed by atoms with Crippen molar-refractivity contribution in [3.63, 3.8) is 0 Å². The molecule has 169 valence electrons. The van der Waals surface area contributed by atoms with Crippen molar-refractivity contribution in [2.75, 3.05) is 5.32 Å². The lowest BCUT2D eigenvalue weighted by molar-refractivity contribution is -0.114. The summed E-state index contributed by atoms with van der Waals surface area (Å²) in [5.74, 6) is -0.959. The smallest absolute Gasteiger partial charge is 0.350 e. The van der Waals surface area contributed by atoms with Crippen LogP contribution in [0.3, 0.4) is 0 Å². The Morgan fingerprint density at radius 1 is 1.09 bits per heavy atom. The lowest BCUT2D eigenvalue weighted by Crippen LogP contribution is -2.35. The summed E-state index contributed by atoms with van der Waals surface area (Å²) < 4.78 is 21.8. The predicted octanol–water partition coefficient (Wildman–Crippen LogP) is 3.88. The largest absolute Gasteiger partial charge is 0.454 e. The van der Waals surface area contributed by atoms with E-state index in [0.29, 0.717) is 5.56 Å². The van der Waals surface area contributed by atoms with E-state index in [1.54, 1.807) is 24.3 Å². The van der Waals surface area contributed by atoms with E-state index in [4.69, 9.17) is 4.74 Å². The molecule has 1 amide bonds. The summed E-state index contributed by atoms with van der Waals surface area (Å²) in [5.41, 5.74) is 1.52. The maximum atomic E-state index is 15.2. The van der Waals surface area contributed by atoms with Gasteiger partial charge < -0.3 is 10.1 Å². The molecule has 0 bridgehead atoms. The van der Waals surface area contributed by atoms with Crippen molar-refractivity contribution < 1.29 is 18.7 Å². The first-order chi connectivity index (χ1) is 15.8. The van der Waals surface area contributed by atoms with Crippen molar-refractivity contribution in [1.29, 1.82) is 0 Å². The zero-order valence-corrected chi connectivity index (χ0v) is 18.5. The molecule has 3 aromatic rings. The Balaban J connectivity index is 1.46. The van der Waals surface area contributed by atoms with Crippen LogP contribution in [0.2, 0.25) is 0 Å². The monoisotopic (exact) mass is 466 g/mol. The van der Waals surface area contributed by atoms with E-state index < -0.39 is 34.6 Å². The summed E-state index contributed by atoms with van der Waals surface area (Å²) >= 11 is 1.08. The molecule has 2 heterocycles. The fourth-order valence-electron chi connectivity index (χ4n) is 3.54. The van der Waals surface area contributed by atoms with Crippen LogP contribution in [0.5, 0.6) is 0 Å². The second-order valence-corrected chi connectivity index (χ2v) is 8.87. The number of alkyl halides is 1. The fraction of sp³-hybridized carbons (Fsp3) is 0.208. The van der Waals surface area contributed by atoms with Crippen LogP contribution in [0.4, 0.5) is 10.2 Å². The van der Waals surface area contributed by atoms with Crippen molar-refractivity contribution in [1.82, 2.24) is 9.55 Å². The van der Waals surface area contributed by atoms with Crippen molar-refractivity contribution >= 4 is 29.5 Å². The number of hydrogen-bond acceptors (Lipinski definition) is 6. The lowest BCUT2D eigenvalue weighted by Gasteiger charge is -2.19. The Morgan fingerprint density at radius 2 is 1.76 bits per heavy atom. The zero-order valence-electron chi connectivity index (χ0n) is 17.7. The third kappa shape index (κ3) is 4.98. The molecule has 0 saturated carbocycles. The van der Waals surface area contributed by atoms with Gasteiger partial charge in [0.1, 0.15) is 17.3 Å². The van der Waals surface area contributed by atoms with Gasteiger partial charge in [0.2, 0.25) is 5.91 Å². The van der Waals surface area contributed by atoms with Gasteiger partial charge in [-0.25, -0.2) is 14.0 Å². The van der Waals surface area contributed by atoms with Gasteiger partial charge >= 0.3 is 11.7 Å². The van der Waals surface area contributed by atoms with Crippen LogP contribution in [0.15, 0.2) is 71.7 Å². The summed E-state index contributed by atoms with van der Waals surface area (Å²) in [6, 6.07) is 18.0. The zero-order chi connectivity index (χ0) is 23.5. The number of nitrogens with one attached hydrogen (secondary N) is 1. The molecular weight excluding hydrogens is 445 g/mol. The van der Waals surface area contributed by atoms with Gasteiger partial charge in [0, 0.05) is 18.4 Å². The van der Waals surface area contributed by atoms with E-state index in [2.05, 4.69) is 17.2 Å². The minimum absolute atomic E-state index is 0.0789. The van der Waals surface area contributed by atoms with Crippen LogP contribution in [-0.2, 0) is 9.53 Å². The quantitative estimate of drug-likeness (QED) is 0.574. The molecule has 7 nitrogen and oxygen atoms in total. The Morgan fingerprint density at radius 3 is 2.39 bits per heavy atom. The summed E-state index contributed by atoms with van der Waals surface area (Å²) in [6.07, 6.45) is -1.45. The van der Waals surface area contributed by atoms with Gasteiger partial charge in [0.15, 0.2) is 6.17 Å². The molecule has 4 rings (SSSR count). The second kappa shape index (κ2) is 9.58. The Kier molecular flexibility index (Phi) is 6.60. The van der Waals surface area contributed by atoms with E-state index in [0.717, 1.165) is 27.5 Å². The van der Waals surface area contributed by atoms with E-state index in [9.17, 15) is 14.4 Å². The molecule has 4 atom stereocenters. The normalized spacial score (nSPS) is 22.0. The highest BCUT2D eigenvalue weighted by atomic mass is 32.2. The molecule has 0 aliphatic carbocycles. The molecule has 33 heavy (non-hydrogen) atoms. The number of halogens is 1. The molecule has 2 aromatic carbocycles. The molecule has 9 heteroatoms. The number of hydrogen-bond donors (Lipinski definition) is 1. The summed E-state index contributed by atoms with van der Waals surface area (Å²) in [7, 11) is 0. The summed E-state index contributed by atoms with van der Waals surface area (Å²) in [6.45, 7) is 5.18. The Hall–Kier alpha value is -3.46. The fourth-order valence-corrected chi connectivity index (χ4v) is 4.85. The number of amides is 1. The number of carbonyl (C=O) groups excluding carboxylic acids is 2. The molecular formula is C24H21FN3O4S. The third-order valence-electron chi connectivity index (χ3n) is 5.15. The molecule has 1 aliphatic rings. The topological polar surface area (TPSA) is 90.3 Å². The highest BCUT2D eigenvalue weighted by Crippen LogP contribution is 2.44. The van der Waals surface area contributed by atoms with Crippen LogP contribution in [0.25, 0.3) is 11.1 Å². The molecule has 1 saturated heterocycles. The van der Waals surface area contributed by atoms with Crippen LogP contribution in [0, 0.1) is 6.92 Å². The number of nitrogens with zero attached hydrogens (tertiary/aromatic N) is 2. The molecule has 0 unspecified atom stereocenters.